The van der Waals surface area contributed by atoms with Crippen LogP contribution in [0.15, 0.2) is 0 Å². The van der Waals surface area contributed by atoms with Crippen molar-refractivity contribution in [2.45, 2.75) is 25.2 Å². The maximum absolute atomic E-state index is 5.64. The molecule has 4 nitrogen and oxygen atoms in total. The zero-order chi connectivity index (χ0) is 8.10. The second-order valence-electron chi connectivity index (χ2n) is 2.82. The third kappa shape index (κ3) is 3.16. The van der Waals surface area contributed by atoms with Crippen LogP contribution in [0.25, 0.3) is 0 Å². The van der Waals surface area contributed by atoms with Crippen LogP contribution in [0, 0.1) is 0 Å². The second kappa shape index (κ2) is 4.66. The fourth-order valence-electron chi connectivity index (χ4n) is 1.20. The summed E-state index contributed by atoms with van der Waals surface area (Å²) in [6.45, 7) is 1.71. The number of hydrogen-bond donors (Lipinski definition) is 3. The van der Waals surface area contributed by atoms with Gasteiger partial charge in [-0.2, -0.15) is 0 Å². The Hall–Kier alpha value is -0.160. The molecular weight excluding hydrogens is 142 g/mol. The molecule has 0 amide bonds. The lowest BCUT2D eigenvalue weighted by Gasteiger charge is -2.26. The summed E-state index contributed by atoms with van der Waals surface area (Å²) in [7, 11) is 1.84. The minimum atomic E-state index is -0.0851. The first-order valence-electron chi connectivity index (χ1n) is 4.09. The molecule has 0 aromatic rings. The normalized spacial score (nSPS) is 23.5. The Morgan fingerprint density at radius 2 is 2.09 bits per heavy atom. The van der Waals surface area contributed by atoms with E-state index in [0.717, 1.165) is 26.1 Å². The average Bonchev–Trinajstić information content (AvgIpc) is 2.06. The van der Waals surface area contributed by atoms with Crippen LogP contribution in [0.3, 0.4) is 0 Å². The first-order chi connectivity index (χ1) is 5.33. The molecule has 4 N–H and O–H groups in total. The number of hydrogen-bond acceptors (Lipinski definition) is 4. The van der Waals surface area contributed by atoms with Crippen LogP contribution < -0.4 is 16.4 Å². The van der Waals surface area contributed by atoms with Crippen LogP contribution in [0.4, 0.5) is 0 Å². The van der Waals surface area contributed by atoms with Gasteiger partial charge in [-0.1, -0.05) is 0 Å². The Bertz CT molecular complexity index is 104. The van der Waals surface area contributed by atoms with Crippen molar-refractivity contribution in [3.63, 3.8) is 0 Å². The summed E-state index contributed by atoms with van der Waals surface area (Å²) in [5, 5.41) is 6.19. The predicted molar refractivity (Wildman–Crippen MR) is 44.0 cm³/mol. The van der Waals surface area contributed by atoms with E-state index in [9.17, 15) is 0 Å². The van der Waals surface area contributed by atoms with Crippen molar-refractivity contribution in [3.05, 3.63) is 0 Å². The van der Waals surface area contributed by atoms with Crippen molar-refractivity contribution < 1.29 is 4.74 Å². The van der Waals surface area contributed by atoms with Crippen molar-refractivity contribution in [1.82, 2.24) is 10.6 Å². The lowest BCUT2D eigenvalue weighted by Crippen LogP contribution is -2.53. The van der Waals surface area contributed by atoms with E-state index in [2.05, 4.69) is 10.6 Å². The Balaban J connectivity index is 2.13. The summed E-state index contributed by atoms with van der Waals surface area (Å²) in [5.41, 5.74) is 5.64. The molecule has 0 radical (unpaired) electrons. The first-order valence-corrected chi connectivity index (χ1v) is 4.09. The van der Waals surface area contributed by atoms with E-state index in [-0.39, 0.29) is 6.29 Å². The number of nitrogens with one attached hydrogen (secondary N) is 2. The molecule has 1 heterocycles. The molecule has 4 heteroatoms. The van der Waals surface area contributed by atoms with E-state index in [1.165, 1.54) is 0 Å². The highest BCUT2D eigenvalue weighted by atomic mass is 16.5. The standard InChI is InChI=1S/C7H17N3O/c1-9-7(8)10-6-2-4-11-5-3-6/h6-7,9-10H,2-5,8H2,1H3. The number of ether oxygens (including phenoxy) is 1. The molecule has 1 aliphatic heterocycles. The van der Waals surface area contributed by atoms with Crippen molar-refractivity contribution in [1.29, 1.82) is 0 Å². The van der Waals surface area contributed by atoms with Crippen LogP contribution >= 0.6 is 0 Å². The molecule has 1 aliphatic rings. The van der Waals surface area contributed by atoms with E-state index >= 15 is 0 Å². The van der Waals surface area contributed by atoms with Crippen LogP contribution in [0.5, 0.6) is 0 Å². The Kier molecular flexibility index (Phi) is 3.79. The highest BCUT2D eigenvalue weighted by molar-refractivity contribution is 4.71. The van der Waals surface area contributed by atoms with Gasteiger partial charge in [0.25, 0.3) is 0 Å². The minimum absolute atomic E-state index is 0.0851. The molecule has 0 saturated carbocycles. The average molecular weight is 159 g/mol. The third-order valence-corrected chi connectivity index (χ3v) is 1.95. The molecule has 0 aromatic heterocycles. The van der Waals surface area contributed by atoms with Gasteiger partial charge < -0.3 is 10.5 Å². The molecule has 1 rings (SSSR count). The summed E-state index contributed by atoms with van der Waals surface area (Å²) in [6.07, 6.45) is 2.04. The van der Waals surface area contributed by atoms with E-state index in [1.807, 2.05) is 7.05 Å². The maximum atomic E-state index is 5.64. The number of rotatable bonds is 3. The van der Waals surface area contributed by atoms with Gasteiger partial charge in [0.1, 0.15) is 6.29 Å². The Morgan fingerprint density at radius 3 is 2.64 bits per heavy atom. The lowest BCUT2D eigenvalue weighted by atomic mass is 10.1. The number of nitrogens with two attached hydrogens (primary N) is 1. The van der Waals surface area contributed by atoms with Gasteiger partial charge >= 0.3 is 0 Å². The van der Waals surface area contributed by atoms with Gasteiger partial charge in [0.05, 0.1) is 0 Å². The smallest absolute Gasteiger partial charge is 0.109 e. The molecule has 1 fully saturated rings. The van der Waals surface area contributed by atoms with Gasteiger partial charge in [-0.3, -0.25) is 10.6 Å². The highest BCUT2D eigenvalue weighted by Gasteiger charge is 2.14. The van der Waals surface area contributed by atoms with E-state index in [0.29, 0.717) is 6.04 Å². The molecular formula is C7H17N3O. The molecule has 0 aromatic carbocycles. The van der Waals surface area contributed by atoms with Crippen molar-refractivity contribution in [3.8, 4) is 0 Å². The molecule has 0 bridgehead atoms. The van der Waals surface area contributed by atoms with Crippen molar-refractivity contribution in [2.75, 3.05) is 20.3 Å². The third-order valence-electron chi connectivity index (χ3n) is 1.95. The largest absolute Gasteiger partial charge is 0.381 e. The van der Waals surface area contributed by atoms with E-state index < -0.39 is 0 Å². The van der Waals surface area contributed by atoms with Crippen LogP contribution in [0.2, 0.25) is 0 Å². The second-order valence-corrected chi connectivity index (χ2v) is 2.82. The first kappa shape index (κ1) is 8.93. The molecule has 1 saturated heterocycles. The summed E-state index contributed by atoms with van der Waals surface area (Å²) >= 11 is 0. The van der Waals surface area contributed by atoms with Crippen LogP contribution in [0.1, 0.15) is 12.8 Å². The summed E-state index contributed by atoms with van der Waals surface area (Å²) in [6, 6.07) is 0.520. The lowest BCUT2D eigenvalue weighted by molar-refractivity contribution is 0.0741. The van der Waals surface area contributed by atoms with Crippen LogP contribution in [-0.4, -0.2) is 32.6 Å². The van der Waals surface area contributed by atoms with Crippen molar-refractivity contribution >= 4 is 0 Å². The zero-order valence-electron chi connectivity index (χ0n) is 6.97. The summed E-state index contributed by atoms with van der Waals surface area (Å²) in [5.74, 6) is 0. The highest BCUT2D eigenvalue weighted by Crippen LogP contribution is 2.05. The van der Waals surface area contributed by atoms with Gasteiger partial charge in [-0.05, 0) is 19.9 Å². The predicted octanol–water partition coefficient (Wildman–Crippen LogP) is -0.783. The SMILES string of the molecule is CNC(N)NC1CCOCC1. The summed E-state index contributed by atoms with van der Waals surface area (Å²) in [4.78, 5) is 0. The molecule has 66 valence electrons. The van der Waals surface area contributed by atoms with E-state index in [1.54, 1.807) is 0 Å². The van der Waals surface area contributed by atoms with Gasteiger partial charge in [0.15, 0.2) is 0 Å². The fraction of sp³-hybridized carbons (Fsp3) is 1.00. The monoisotopic (exact) mass is 159 g/mol. The quantitative estimate of drug-likeness (QED) is 0.473. The summed E-state index contributed by atoms with van der Waals surface area (Å²) < 4.78 is 5.21. The molecule has 0 aliphatic carbocycles. The van der Waals surface area contributed by atoms with Gasteiger partial charge in [0.2, 0.25) is 0 Å². The topological polar surface area (TPSA) is 59.3 Å². The Labute approximate surface area is 67.5 Å². The van der Waals surface area contributed by atoms with Gasteiger partial charge in [0, 0.05) is 19.3 Å². The molecule has 0 spiro atoms. The maximum Gasteiger partial charge on any atom is 0.109 e. The minimum Gasteiger partial charge on any atom is -0.381 e. The van der Waals surface area contributed by atoms with Gasteiger partial charge in [-0.25, -0.2) is 0 Å². The zero-order valence-corrected chi connectivity index (χ0v) is 6.97. The molecule has 1 unspecified atom stereocenters. The fourth-order valence-corrected chi connectivity index (χ4v) is 1.20. The molecule has 1 atom stereocenters. The van der Waals surface area contributed by atoms with Crippen LogP contribution in [-0.2, 0) is 4.74 Å². The van der Waals surface area contributed by atoms with Crippen molar-refractivity contribution in [2.24, 2.45) is 5.73 Å². The van der Waals surface area contributed by atoms with Gasteiger partial charge in [-0.15, -0.1) is 0 Å². The van der Waals surface area contributed by atoms with E-state index in [4.69, 9.17) is 10.5 Å². The Morgan fingerprint density at radius 1 is 1.45 bits per heavy atom. The molecule has 11 heavy (non-hydrogen) atoms.